The summed E-state index contributed by atoms with van der Waals surface area (Å²) in [4.78, 5) is 22.5. The second-order valence-corrected chi connectivity index (χ2v) is 4.64. The van der Waals surface area contributed by atoms with Crippen LogP contribution in [0.15, 0.2) is 18.2 Å². The molecule has 0 fully saturated rings. The lowest BCUT2D eigenvalue weighted by Gasteiger charge is -2.18. The van der Waals surface area contributed by atoms with Crippen LogP contribution in [-0.4, -0.2) is 28.3 Å². The fraction of sp³-hybridized carbons (Fsp3) is 0.385. The molecule has 4 N–H and O–H groups in total. The van der Waals surface area contributed by atoms with Crippen LogP contribution in [0.5, 0.6) is 5.75 Å². The molecule has 0 bridgehead atoms. The summed E-state index contributed by atoms with van der Waals surface area (Å²) in [5.41, 5.74) is -0.192. The monoisotopic (exact) mass is 266 g/mol. The molecule has 1 aromatic carbocycles. The van der Waals surface area contributed by atoms with E-state index in [0.29, 0.717) is 0 Å². The van der Waals surface area contributed by atoms with Crippen LogP contribution in [-0.2, 0) is 0 Å². The Bertz CT molecular complexity index is 486. The molecule has 19 heavy (non-hydrogen) atoms. The predicted molar refractivity (Wildman–Crippen MR) is 71.5 cm³/mol. The largest absolute Gasteiger partial charge is 0.505 e. The molecule has 0 saturated carbocycles. The first-order chi connectivity index (χ1) is 8.82. The maximum absolute atomic E-state index is 11.7. The molecule has 0 aliphatic rings. The van der Waals surface area contributed by atoms with Crippen molar-refractivity contribution in [3.8, 4) is 5.75 Å². The van der Waals surface area contributed by atoms with Gasteiger partial charge in [0.1, 0.15) is 5.56 Å². The van der Waals surface area contributed by atoms with Crippen molar-refractivity contribution in [2.24, 2.45) is 5.92 Å². The number of carboxylic acids is 1. The Morgan fingerprint density at radius 2 is 1.84 bits per heavy atom. The number of carbonyl (C=O) groups is 2. The van der Waals surface area contributed by atoms with Gasteiger partial charge in [-0.3, -0.25) is 0 Å². The van der Waals surface area contributed by atoms with Crippen molar-refractivity contribution in [1.82, 2.24) is 5.32 Å². The van der Waals surface area contributed by atoms with Gasteiger partial charge in [-0.25, -0.2) is 9.59 Å². The van der Waals surface area contributed by atoms with Crippen molar-refractivity contribution in [2.45, 2.75) is 26.8 Å². The van der Waals surface area contributed by atoms with Crippen LogP contribution in [0, 0.1) is 5.92 Å². The summed E-state index contributed by atoms with van der Waals surface area (Å²) in [6.45, 7) is 5.79. The van der Waals surface area contributed by atoms with Gasteiger partial charge in [-0.2, -0.15) is 0 Å². The van der Waals surface area contributed by atoms with E-state index in [2.05, 4.69) is 10.6 Å². The maximum atomic E-state index is 11.7. The van der Waals surface area contributed by atoms with Crippen molar-refractivity contribution in [3.63, 3.8) is 0 Å². The highest BCUT2D eigenvalue weighted by atomic mass is 16.4. The molecule has 1 aromatic rings. The van der Waals surface area contributed by atoms with E-state index in [1.54, 1.807) is 0 Å². The summed E-state index contributed by atoms with van der Waals surface area (Å²) in [6, 6.07) is 3.62. The Morgan fingerprint density at radius 1 is 1.21 bits per heavy atom. The number of rotatable bonds is 4. The minimum absolute atomic E-state index is 0.0372. The molecule has 0 spiro atoms. The van der Waals surface area contributed by atoms with Crippen LogP contribution in [0.3, 0.4) is 0 Å². The number of phenols is 1. The number of hydrogen-bond acceptors (Lipinski definition) is 3. The third-order valence-electron chi connectivity index (χ3n) is 2.87. The van der Waals surface area contributed by atoms with Crippen LogP contribution < -0.4 is 10.6 Å². The number of amides is 2. The molecule has 0 aliphatic carbocycles. The molecule has 104 valence electrons. The van der Waals surface area contributed by atoms with E-state index in [-0.39, 0.29) is 23.2 Å². The van der Waals surface area contributed by atoms with Gasteiger partial charge in [0, 0.05) is 6.04 Å². The standard InChI is InChI=1S/C13H18N2O4/c1-7(2)8(3)14-13(19)15-10-6-4-5-9(11(10)16)12(17)18/h4-8,16H,1-3H3,(H,17,18)(H2,14,15,19). The first kappa shape index (κ1) is 14.8. The fourth-order valence-electron chi connectivity index (χ4n) is 1.35. The Labute approximate surface area is 111 Å². The van der Waals surface area contributed by atoms with Crippen molar-refractivity contribution in [1.29, 1.82) is 0 Å². The zero-order valence-electron chi connectivity index (χ0n) is 11.1. The van der Waals surface area contributed by atoms with E-state index in [1.807, 2.05) is 20.8 Å². The zero-order valence-corrected chi connectivity index (χ0v) is 11.1. The summed E-state index contributed by atoms with van der Waals surface area (Å²) in [6.07, 6.45) is 0. The van der Waals surface area contributed by atoms with E-state index < -0.39 is 17.7 Å². The van der Waals surface area contributed by atoms with Crippen LogP contribution in [0.1, 0.15) is 31.1 Å². The highest BCUT2D eigenvalue weighted by Gasteiger charge is 2.16. The van der Waals surface area contributed by atoms with Crippen molar-refractivity contribution in [2.75, 3.05) is 5.32 Å². The van der Waals surface area contributed by atoms with Gasteiger partial charge in [0.15, 0.2) is 5.75 Å². The molecule has 1 unspecified atom stereocenters. The SMILES string of the molecule is CC(C)C(C)NC(=O)Nc1cccc(C(=O)O)c1O. The molecule has 1 atom stereocenters. The van der Waals surface area contributed by atoms with Gasteiger partial charge in [-0.15, -0.1) is 0 Å². The molecule has 6 nitrogen and oxygen atoms in total. The van der Waals surface area contributed by atoms with Crippen LogP contribution in [0.2, 0.25) is 0 Å². The second kappa shape index (κ2) is 6.08. The third kappa shape index (κ3) is 3.87. The second-order valence-electron chi connectivity index (χ2n) is 4.64. The predicted octanol–water partition coefficient (Wildman–Crippen LogP) is 2.26. The summed E-state index contributed by atoms with van der Waals surface area (Å²) >= 11 is 0. The molecule has 0 aromatic heterocycles. The molecule has 2 amide bonds. The summed E-state index contributed by atoms with van der Waals surface area (Å²) in [7, 11) is 0. The number of aromatic carboxylic acids is 1. The lowest BCUT2D eigenvalue weighted by Crippen LogP contribution is -2.39. The van der Waals surface area contributed by atoms with Gasteiger partial charge in [0.05, 0.1) is 5.69 Å². The highest BCUT2D eigenvalue weighted by molar-refractivity contribution is 5.97. The molecule has 1 rings (SSSR count). The van der Waals surface area contributed by atoms with E-state index in [0.717, 1.165) is 0 Å². The molecule has 0 radical (unpaired) electrons. The first-order valence-electron chi connectivity index (χ1n) is 5.95. The number of nitrogens with one attached hydrogen (secondary N) is 2. The van der Waals surface area contributed by atoms with Gasteiger partial charge in [-0.1, -0.05) is 19.9 Å². The molecule has 6 heteroatoms. The number of carbonyl (C=O) groups excluding carboxylic acids is 1. The highest BCUT2D eigenvalue weighted by Crippen LogP contribution is 2.27. The number of aromatic hydroxyl groups is 1. The molecular formula is C13H18N2O4. The van der Waals surface area contributed by atoms with Gasteiger partial charge < -0.3 is 20.8 Å². The van der Waals surface area contributed by atoms with Gasteiger partial charge in [0.2, 0.25) is 0 Å². The smallest absolute Gasteiger partial charge is 0.339 e. The number of hydrogen-bond donors (Lipinski definition) is 4. The Morgan fingerprint density at radius 3 is 2.37 bits per heavy atom. The Hall–Kier alpha value is -2.24. The Kier molecular flexibility index (Phi) is 4.74. The van der Waals surface area contributed by atoms with Crippen molar-refractivity contribution >= 4 is 17.7 Å². The van der Waals surface area contributed by atoms with E-state index in [1.165, 1.54) is 18.2 Å². The number of para-hydroxylation sites is 1. The van der Waals surface area contributed by atoms with E-state index >= 15 is 0 Å². The molecule has 0 aliphatic heterocycles. The average Bonchev–Trinajstić information content (AvgIpc) is 2.31. The summed E-state index contributed by atoms with van der Waals surface area (Å²) < 4.78 is 0. The number of carboxylic acid groups (broad SMARTS) is 1. The first-order valence-corrected chi connectivity index (χ1v) is 5.95. The number of benzene rings is 1. The molecule has 0 heterocycles. The maximum Gasteiger partial charge on any atom is 0.339 e. The van der Waals surface area contributed by atoms with E-state index in [9.17, 15) is 14.7 Å². The normalized spacial score (nSPS) is 12.0. The van der Waals surface area contributed by atoms with Crippen LogP contribution >= 0.6 is 0 Å². The lowest BCUT2D eigenvalue weighted by atomic mass is 10.1. The number of anilines is 1. The Balaban J connectivity index is 2.80. The summed E-state index contributed by atoms with van der Waals surface area (Å²) in [5, 5.41) is 23.7. The van der Waals surface area contributed by atoms with Crippen LogP contribution in [0.4, 0.5) is 10.5 Å². The third-order valence-corrected chi connectivity index (χ3v) is 2.87. The van der Waals surface area contributed by atoms with E-state index in [4.69, 9.17) is 5.11 Å². The topological polar surface area (TPSA) is 98.7 Å². The number of urea groups is 1. The van der Waals surface area contributed by atoms with Gasteiger partial charge in [0.25, 0.3) is 0 Å². The minimum atomic E-state index is -1.25. The molecular weight excluding hydrogens is 248 g/mol. The summed E-state index contributed by atoms with van der Waals surface area (Å²) in [5.74, 6) is -1.44. The molecule has 0 saturated heterocycles. The minimum Gasteiger partial charge on any atom is -0.505 e. The van der Waals surface area contributed by atoms with Crippen LogP contribution in [0.25, 0.3) is 0 Å². The fourth-order valence-corrected chi connectivity index (χ4v) is 1.35. The van der Waals surface area contributed by atoms with Crippen molar-refractivity contribution in [3.05, 3.63) is 23.8 Å². The average molecular weight is 266 g/mol. The zero-order chi connectivity index (χ0) is 14.6. The quantitative estimate of drug-likeness (QED) is 0.628. The van der Waals surface area contributed by atoms with Crippen molar-refractivity contribution < 1.29 is 19.8 Å². The van der Waals surface area contributed by atoms with Gasteiger partial charge >= 0.3 is 12.0 Å². The van der Waals surface area contributed by atoms with Gasteiger partial charge in [-0.05, 0) is 25.0 Å². The lowest BCUT2D eigenvalue weighted by molar-refractivity contribution is 0.0693.